The van der Waals surface area contributed by atoms with Crippen LogP contribution in [-0.2, 0) is 0 Å². The molecule has 2 nitrogen and oxygen atoms in total. The topological polar surface area (TPSA) is 28.7 Å². The van der Waals surface area contributed by atoms with Crippen LogP contribution in [0.5, 0.6) is 0 Å². The van der Waals surface area contributed by atoms with Crippen molar-refractivity contribution in [2.24, 2.45) is 29.6 Å². The second kappa shape index (κ2) is 4.40. The lowest BCUT2D eigenvalue weighted by atomic mass is 9.50. The lowest BCUT2D eigenvalue weighted by Gasteiger charge is -2.56. The Hall–Kier alpha value is -1.23. The van der Waals surface area contributed by atoms with E-state index < -0.39 is 0 Å². The quantitative estimate of drug-likeness (QED) is 0.801. The molecule has 2 heteroatoms. The zero-order valence-corrected chi connectivity index (χ0v) is 11.4. The Kier molecular flexibility index (Phi) is 2.69. The molecule has 0 aromatic carbocycles. The molecule has 5 rings (SSSR count). The van der Waals surface area contributed by atoms with Crippen LogP contribution in [0.1, 0.15) is 44.6 Å². The highest BCUT2D eigenvalue weighted by molar-refractivity contribution is 5.05. The SMILES string of the molecule is N#CCC(C1C2CC3CC(C2)CC1C3)n1cccc1. The molecule has 0 saturated heterocycles. The Labute approximate surface area is 115 Å². The smallest absolute Gasteiger partial charge is 0.0643 e. The minimum absolute atomic E-state index is 0.426. The van der Waals surface area contributed by atoms with E-state index in [1.807, 2.05) is 0 Å². The van der Waals surface area contributed by atoms with E-state index in [-0.39, 0.29) is 0 Å². The van der Waals surface area contributed by atoms with Gasteiger partial charge in [-0.05, 0) is 73.8 Å². The maximum absolute atomic E-state index is 9.23. The molecule has 0 amide bonds. The Bertz CT molecular complexity index is 454. The van der Waals surface area contributed by atoms with Gasteiger partial charge in [0.25, 0.3) is 0 Å². The van der Waals surface area contributed by atoms with Crippen molar-refractivity contribution >= 4 is 0 Å². The predicted molar refractivity (Wildman–Crippen MR) is 74.2 cm³/mol. The summed E-state index contributed by atoms with van der Waals surface area (Å²) in [5.41, 5.74) is 0. The summed E-state index contributed by atoms with van der Waals surface area (Å²) >= 11 is 0. The molecule has 4 bridgehead atoms. The van der Waals surface area contributed by atoms with Gasteiger partial charge in [0.1, 0.15) is 0 Å². The van der Waals surface area contributed by atoms with Crippen molar-refractivity contribution in [1.29, 1.82) is 5.26 Å². The van der Waals surface area contributed by atoms with Gasteiger partial charge in [0.2, 0.25) is 0 Å². The molecule has 0 spiro atoms. The monoisotopic (exact) mass is 254 g/mol. The number of hydrogen-bond acceptors (Lipinski definition) is 1. The van der Waals surface area contributed by atoms with Crippen molar-refractivity contribution in [2.45, 2.75) is 44.6 Å². The molecule has 0 N–H and O–H groups in total. The van der Waals surface area contributed by atoms with Crippen LogP contribution in [0.2, 0.25) is 0 Å². The van der Waals surface area contributed by atoms with E-state index in [1.165, 1.54) is 32.1 Å². The fourth-order valence-corrected chi connectivity index (χ4v) is 5.70. The summed E-state index contributed by atoms with van der Waals surface area (Å²) in [6.07, 6.45) is 12.3. The van der Waals surface area contributed by atoms with Crippen molar-refractivity contribution < 1.29 is 0 Å². The van der Waals surface area contributed by atoms with Crippen LogP contribution in [-0.4, -0.2) is 4.57 Å². The summed E-state index contributed by atoms with van der Waals surface area (Å²) in [7, 11) is 0. The molecule has 4 aliphatic rings. The van der Waals surface area contributed by atoms with Crippen LogP contribution in [0.4, 0.5) is 0 Å². The largest absolute Gasteiger partial charge is 0.350 e. The molecule has 1 aromatic heterocycles. The number of hydrogen-bond donors (Lipinski definition) is 0. The van der Waals surface area contributed by atoms with Gasteiger partial charge in [-0.25, -0.2) is 0 Å². The Morgan fingerprint density at radius 2 is 1.58 bits per heavy atom. The van der Waals surface area contributed by atoms with Gasteiger partial charge in [0.05, 0.1) is 12.5 Å². The average molecular weight is 254 g/mol. The molecule has 0 radical (unpaired) electrons. The summed E-state index contributed by atoms with van der Waals surface area (Å²) < 4.78 is 2.32. The van der Waals surface area contributed by atoms with Gasteiger partial charge in [-0.15, -0.1) is 0 Å². The van der Waals surface area contributed by atoms with Gasteiger partial charge in [0, 0.05) is 18.4 Å². The van der Waals surface area contributed by atoms with Gasteiger partial charge in [-0.1, -0.05) is 0 Å². The molecule has 1 heterocycles. The van der Waals surface area contributed by atoms with Crippen molar-refractivity contribution in [1.82, 2.24) is 4.57 Å². The Morgan fingerprint density at radius 3 is 2.11 bits per heavy atom. The normalized spacial score (nSPS) is 41.1. The fourth-order valence-electron chi connectivity index (χ4n) is 5.70. The lowest BCUT2D eigenvalue weighted by Crippen LogP contribution is -2.47. The average Bonchev–Trinajstić information content (AvgIpc) is 2.89. The third-order valence-electron chi connectivity index (χ3n) is 6.05. The zero-order chi connectivity index (χ0) is 12.8. The van der Waals surface area contributed by atoms with Crippen molar-refractivity contribution in [3.05, 3.63) is 24.5 Å². The first kappa shape index (κ1) is 11.6. The van der Waals surface area contributed by atoms with Crippen LogP contribution in [0.15, 0.2) is 24.5 Å². The lowest BCUT2D eigenvalue weighted by molar-refractivity contribution is -0.0576. The molecule has 4 fully saturated rings. The third kappa shape index (κ3) is 1.83. The first-order chi connectivity index (χ1) is 9.35. The minimum Gasteiger partial charge on any atom is -0.350 e. The van der Waals surface area contributed by atoms with Crippen LogP contribution >= 0.6 is 0 Å². The molecule has 1 aromatic rings. The van der Waals surface area contributed by atoms with Crippen LogP contribution in [0, 0.1) is 40.9 Å². The van der Waals surface area contributed by atoms with E-state index in [1.54, 1.807) is 0 Å². The number of nitrogens with zero attached hydrogens (tertiary/aromatic N) is 2. The second-order valence-electron chi connectivity index (χ2n) is 7.07. The molecular formula is C17H22N2. The summed E-state index contributed by atoms with van der Waals surface area (Å²) in [6, 6.07) is 7.07. The molecule has 4 aliphatic carbocycles. The number of aromatic nitrogens is 1. The van der Waals surface area contributed by atoms with Crippen LogP contribution in [0.3, 0.4) is 0 Å². The number of rotatable bonds is 3. The van der Waals surface area contributed by atoms with Crippen molar-refractivity contribution in [3.8, 4) is 6.07 Å². The summed E-state index contributed by atoms with van der Waals surface area (Å²) in [5, 5.41) is 9.23. The van der Waals surface area contributed by atoms with E-state index in [0.29, 0.717) is 12.5 Å². The highest BCUT2D eigenvalue weighted by Crippen LogP contribution is 2.59. The summed E-state index contributed by atoms with van der Waals surface area (Å²) in [4.78, 5) is 0. The fraction of sp³-hybridized carbons (Fsp3) is 0.706. The summed E-state index contributed by atoms with van der Waals surface area (Å²) in [6.45, 7) is 0. The van der Waals surface area contributed by atoms with Crippen LogP contribution in [0.25, 0.3) is 0 Å². The standard InChI is InChI=1S/C17H22N2/c18-4-3-16(19-5-1-2-6-19)17-14-8-12-7-13(10-14)11-15(17)9-12/h1-2,5-6,12-17H,3,7-11H2. The minimum atomic E-state index is 0.426. The van der Waals surface area contributed by atoms with E-state index in [4.69, 9.17) is 0 Å². The van der Waals surface area contributed by atoms with Crippen molar-refractivity contribution in [3.63, 3.8) is 0 Å². The highest BCUT2D eigenvalue weighted by Gasteiger charge is 2.50. The molecule has 100 valence electrons. The van der Waals surface area contributed by atoms with Crippen LogP contribution < -0.4 is 0 Å². The first-order valence-electron chi connectivity index (χ1n) is 7.84. The van der Waals surface area contributed by atoms with E-state index in [9.17, 15) is 5.26 Å². The summed E-state index contributed by atoms with van der Waals surface area (Å²) in [5.74, 6) is 4.60. The first-order valence-corrected chi connectivity index (χ1v) is 7.84. The van der Waals surface area contributed by atoms with Gasteiger partial charge in [0.15, 0.2) is 0 Å². The van der Waals surface area contributed by atoms with Gasteiger partial charge >= 0.3 is 0 Å². The molecular weight excluding hydrogens is 232 g/mol. The third-order valence-corrected chi connectivity index (χ3v) is 6.05. The van der Waals surface area contributed by atoms with E-state index in [2.05, 4.69) is 35.2 Å². The zero-order valence-electron chi connectivity index (χ0n) is 11.4. The molecule has 0 aliphatic heterocycles. The molecule has 1 unspecified atom stereocenters. The maximum Gasteiger partial charge on any atom is 0.0643 e. The molecule has 4 saturated carbocycles. The molecule has 1 atom stereocenters. The van der Waals surface area contributed by atoms with Gasteiger partial charge in [-0.2, -0.15) is 5.26 Å². The predicted octanol–water partition coefficient (Wildman–Crippen LogP) is 4.02. The Morgan fingerprint density at radius 1 is 1.00 bits per heavy atom. The molecule has 19 heavy (non-hydrogen) atoms. The van der Waals surface area contributed by atoms with Gasteiger partial charge in [-0.3, -0.25) is 0 Å². The maximum atomic E-state index is 9.23. The van der Waals surface area contributed by atoms with E-state index in [0.717, 1.165) is 29.6 Å². The number of nitriles is 1. The Balaban J connectivity index is 1.65. The van der Waals surface area contributed by atoms with E-state index >= 15 is 0 Å². The second-order valence-corrected chi connectivity index (χ2v) is 7.07. The van der Waals surface area contributed by atoms with Crippen molar-refractivity contribution in [2.75, 3.05) is 0 Å². The highest BCUT2D eigenvalue weighted by atomic mass is 15.0. The van der Waals surface area contributed by atoms with Gasteiger partial charge < -0.3 is 4.57 Å².